The minimum Gasteiger partial charge on any atom is -0.350 e. The predicted molar refractivity (Wildman–Crippen MR) is 97.7 cm³/mol. The molecule has 0 aliphatic carbocycles. The zero-order valence-corrected chi connectivity index (χ0v) is 15.0. The molecule has 0 atom stereocenters. The highest BCUT2D eigenvalue weighted by Crippen LogP contribution is 2.28. The van der Waals surface area contributed by atoms with Crippen molar-refractivity contribution in [3.05, 3.63) is 35.9 Å². The Balaban J connectivity index is 1.53. The smallest absolute Gasteiger partial charge is 0.239 e. The highest BCUT2D eigenvalue weighted by Gasteiger charge is 2.24. The monoisotopic (exact) mass is 359 g/mol. The number of carbonyl (C=O) groups excluding carboxylic acids is 2. The molecule has 7 nitrogen and oxygen atoms in total. The van der Waals surface area contributed by atoms with Gasteiger partial charge >= 0.3 is 0 Å². The second-order valence-corrected chi connectivity index (χ2v) is 6.92. The van der Waals surface area contributed by atoms with Gasteiger partial charge in [-0.2, -0.15) is 0 Å². The lowest BCUT2D eigenvalue weighted by Gasteiger charge is -2.23. The number of nitrogens with one attached hydrogen (secondary N) is 1. The van der Waals surface area contributed by atoms with Crippen molar-refractivity contribution < 1.29 is 9.59 Å². The Morgan fingerprint density at radius 1 is 1.28 bits per heavy atom. The fourth-order valence-corrected chi connectivity index (χ4v) is 3.47. The van der Waals surface area contributed by atoms with Crippen LogP contribution in [0.25, 0.3) is 0 Å². The van der Waals surface area contributed by atoms with Gasteiger partial charge < -0.3 is 10.2 Å². The molecule has 3 rings (SSSR count). The van der Waals surface area contributed by atoms with Gasteiger partial charge in [0.25, 0.3) is 0 Å². The lowest BCUT2D eigenvalue weighted by atomic mass is 10.1. The largest absolute Gasteiger partial charge is 0.350 e. The molecule has 0 saturated carbocycles. The number of hydrogen-bond acceptors (Lipinski definition) is 6. The van der Waals surface area contributed by atoms with E-state index in [9.17, 15) is 9.59 Å². The third-order valence-corrected chi connectivity index (χ3v) is 5.06. The van der Waals surface area contributed by atoms with Gasteiger partial charge in [-0.1, -0.05) is 41.7 Å². The number of likely N-dealkylation sites (N-methyl/N-ethyl adjacent to an activating group) is 1. The van der Waals surface area contributed by atoms with E-state index >= 15 is 0 Å². The van der Waals surface area contributed by atoms with Gasteiger partial charge in [0.2, 0.25) is 22.1 Å². The first kappa shape index (κ1) is 17.3. The molecular weight excluding hydrogens is 338 g/mol. The summed E-state index contributed by atoms with van der Waals surface area (Å²) < 4.78 is 0. The predicted octanol–water partition coefficient (Wildman–Crippen LogP) is 1.81. The Kier molecular flexibility index (Phi) is 5.60. The van der Waals surface area contributed by atoms with Crippen molar-refractivity contribution >= 4 is 33.4 Å². The van der Waals surface area contributed by atoms with Gasteiger partial charge in [0.1, 0.15) is 0 Å². The molecule has 2 aromatic rings. The molecule has 1 aliphatic heterocycles. The van der Waals surface area contributed by atoms with Crippen molar-refractivity contribution in [2.45, 2.75) is 25.8 Å². The average molecular weight is 359 g/mol. The lowest BCUT2D eigenvalue weighted by Crippen LogP contribution is -2.35. The van der Waals surface area contributed by atoms with Crippen molar-refractivity contribution in [2.24, 2.45) is 0 Å². The van der Waals surface area contributed by atoms with Crippen LogP contribution in [0.15, 0.2) is 30.3 Å². The van der Waals surface area contributed by atoms with E-state index < -0.39 is 0 Å². The maximum Gasteiger partial charge on any atom is 0.239 e. The Labute approximate surface area is 150 Å². The molecule has 1 aliphatic rings. The summed E-state index contributed by atoms with van der Waals surface area (Å²) in [6, 6.07) is 9.77. The van der Waals surface area contributed by atoms with E-state index in [1.807, 2.05) is 30.3 Å². The summed E-state index contributed by atoms with van der Waals surface area (Å²) in [6.45, 7) is 1.38. The minimum atomic E-state index is -0.0860. The summed E-state index contributed by atoms with van der Waals surface area (Å²) in [6.07, 6.45) is 2.48. The molecule has 1 N–H and O–H groups in total. The number of aromatic nitrogens is 2. The summed E-state index contributed by atoms with van der Waals surface area (Å²) >= 11 is 1.34. The van der Waals surface area contributed by atoms with E-state index in [2.05, 4.69) is 15.5 Å². The van der Waals surface area contributed by atoms with Crippen molar-refractivity contribution in [3.8, 4) is 0 Å². The van der Waals surface area contributed by atoms with Crippen LogP contribution in [0, 0.1) is 0 Å². The Hall–Kier alpha value is -2.48. The summed E-state index contributed by atoms with van der Waals surface area (Å²) in [4.78, 5) is 27.5. The number of nitrogens with zero attached hydrogens (tertiary/aromatic N) is 4. The molecule has 1 aromatic heterocycles. The quantitative estimate of drug-likeness (QED) is 0.851. The second kappa shape index (κ2) is 8.06. The molecule has 0 radical (unpaired) electrons. The summed E-state index contributed by atoms with van der Waals surface area (Å²) in [7, 11) is 1.80. The van der Waals surface area contributed by atoms with Crippen LogP contribution in [0.2, 0.25) is 0 Å². The molecule has 1 saturated heterocycles. The highest BCUT2D eigenvalue weighted by atomic mass is 32.1. The van der Waals surface area contributed by atoms with Crippen LogP contribution < -0.4 is 15.1 Å². The highest BCUT2D eigenvalue weighted by molar-refractivity contribution is 7.19. The number of piperidine rings is 1. The summed E-state index contributed by atoms with van der Waals surface area (Å²) in [5.74, 6) is 0.00867. The second-order valence-electron chi connectivity index (χ2n) is 5.99. The summed E-state index contributed by atoms with van der Waals surface area (Å²) in [5.41, 5.74) is 1.06. The number of benzene rings is 1. The Morgan fingerprint density at radius 2 is 2.08 bits per heavy atom. The number of anilines is 2. The first-order valence-electron chi connectivity index (χ1n) is 8.29. The van der Waals surface area contributed by atoms with Crippen molar-refractivity contribution in [3.63, 3.8) is 0 Å². The molecule has 1 fully saturated rings. The topological polar surface area (TPSA) is 78.4 Å². The molecule has 8 heteroatoms. The van der Waals surface area contributed by atoms with Gasteiger partial charge in [-0.05, 0) is 18.4 Å². The molecular formula is C17H21N5O2S. The maximum absolute atomic E-state index is 12.1. The maximum atomic E-state index is 12.1. The molecule has 25 heavy (non-hydrogen) atoms. The van der Waals surface area contributed by atoms with E-state index in [1.54, 1.807) is 16.8 Å². The fourth-order valence-electron chi connectivity index (χ4n) is 2.61. The van der Waals surface area contributed by atoms with E-state index in [-0.39, 0.29) is 18.4 Å². The van der Waals surface area contributed by atoms with E-state index in [1.165, 1.54) is 11.3 Å². The SMILES string of the molecule is CN(CC(=O)NCc1ccccc1)c1nnc(N2CCCCC2=O)s1. The van der Waals surface area contributed by atoms with Gasteiger partial charge in [-0.15, -0.1) is 10.2 Å². The van der Waals surface area contributed by atoms with Crippen LogP contribution in [-0.2, 0) is 16.1 Å². The van der Waals surface area contributed by atoms with Crippen molar-refractivity contribution in [2.75, 3.05) is 29.9 Å². The number of hydrogen-bond donors (Lipinski definition) is 1. The van der Waals surface area contributed by atoms with Crippen molar-refractivity contribution in [1.82, 2.24) is 15.5 Å². The Bertz CT molecular complexity index is 734. The van der Waals surface area contributed by atoms with Gasteiger partial charge in [-0.25, -0.2) is 0 Å². The van der Waals surface area contributed by atoms with Gasteiger partial charge in [0.15, 0.2) is 0 Å². The zero-order valence-electron chi connectivity index (χ0n) is 14.1. The molecule has 0 bridgehead atoms. The van der Waals surface area contributed by atoms with Crippen LogP contribution in [0.1, 0.15) is 24.8 Å². The van der Waals surface area contributed by atoms with E-state index in [4.69, 9.17) is 0 Å². The normalized spacial score (nSPS) is 14.4. The lowest BCUT2D eigenvalue weighted by molar-refractivity contribution is -0.120. The molecule has 132 valence electrons. The third-order valence-electron chi connectivity index (χ3n) is 4.00. The van der Waals surface area contributed by atoms with Crippen molar-refractivity contribution in [1.29, 1.82) is 0 Å². The minimum absolute atomic E-state index is 0.0860. The standard InChI is InChI=1S/C17H21N5O2S/c1-21(12-14(23)18-11-13-7-3-2-4-8-13)16-19-20-17(25-16)22-10-6-5-9-15(22)24/h2-4,7-8H,5-6,9-12H2,1H3,(H,18,23). The molecule has 0 unspecified atom stereocenters. The average Bonchev–Trinajstić information content (AvgIpc) is 3.11. The van der Waals surface area contributed by atoms with Gasteiger partial charge in [0, 0.05) is 26.6 Å². The fraction of sp³-hybridized carbons (Fsp3) is 0.412. The summed E-state index contributed by atoms with van der Waals surface area (Å²) in [5, 5.41) is 12.4. The zero-order chi connectivity index (χ0) is 17.6. The molecule has 1 aromatic carbocycles. The molecule has 2 amide bonds. The number of amides is 2. The van der Waals surface area contributed by atoms with Gasteiger partial charge in [0.05, 0.1) is 6.54 Å². The van der Waals surface area contributed by atoms with E-state index in [0.717, 1.165) is 18.4 Å². The first-order chi connectivity index (χ1) is 12.1. The van der Waals surface area contributed by atoms with E-state index in [0.29, 0.717) is 29.8 Å². The number of rotatable bonds is 6. The Morgan fingerprint density at radius 3 is 2.84 bits per heavy atom. The van der Waals surface area contributed by atoms with Crippen LogP contribution >= 0.6 is 11.3 Å². The third kappa shape index (κ3) is 4.54. The number of carbonyl (C=O) groups is 2. The van der Waals surface area contributed by atoms with Crippen LogP contribution in [0.5, 0.6) is 0 Å². The molecule has 2 heterocycles. The van der Waals surface area contributed by atoms with Crippen LogP contribution in [0.3, 0.4) is 0 Å². The van der Waals surface area contributed by atoms with Crippen LogP contribution in [-0.4, -0.2) is 42.1 Å². The van der Waals surface area contributed by atoms with Crippen LogP contribution in [0.4, 0.5) is 10.3 Å². The first-order valence-corrected chi connectivity index (χ1v) is 9.11. The molecule has 0 spiro atoms. The van der Waals surface area contributed by atoms with Gasteiger partial charge in [-0.3, -0.25) is 14.5 Å².